The van der Waals surface area contributed by atoms with E-state index in [0.29, 0.717) is 5.70 Å². The summed E-state index contributed by atoms with van der Waals surface area (Å²) in [7, 11) is 0. The van der Waals surface area contributed by atoms with Crippen molar-refractivity contribution in [2.75, 3.05) is 6.26 Å². The van der Waals surface area contributed by atoms with E-state index in [2.05, 4.69) is 16.6 Å². The highest BCUT2D eigenvalue weighted by atomic mass is 32.2. The first-order valence-corrected chi connectivity index (χ1v) is 4.89. The SMILES string of the molecule is C=C(N=[N+]=[N-])c1ccc(SC)cc1. The number of hydrogen-bond donors (Lipinski definition) is 0. The van der Waals surface area contributed by atoms with E-state index in [9.17, 15) is 0 Å². The standard InChI is InChI=1S/C9H9N3S/c1-7(11-12-10)8-3-5-9(13-2)6-4-8/h3-6H,1H2,2H3. The molecule has 4 heteroatoms. The molecule has 0 aliphatic heterocycles. The van der Waals surface area contributed by atoms with Crippen LogP contribution in [0.4, 0.5) is 0 Å². The van der Waals surface area contributed by atoms with Gasteiger partial charge < -0.3 is 0 Å². The van der Waals surface area contributed by atoms with Gasteiger partial charge in [-0.2, -0.15) is 0 Å². The summed E-state index contributed by atoms with van der Waals surface area (Å²) in [6.07, 6.45) is 2.01. The van der Waals surface area contributed by atoms with E-state index in [1.807, 2.05) is 30.5 Å². The van der Waals surface area contributed by atoms with Crippen LogP contribution in [0.3, 0.4) is 0 Å². The summed E-state index contributed by atoms with van der Waals surface area (Å²) in [6, 6.07) is 7.72. The van der Waals surface area contributed by atoms with Crippen LogP contribution in [-0.2, 0) is 0 Å². The predicted molar refractivity (Wildman–Crippen MR) is 56.4 cm³/mol. The van der Waals surface area contributed by atoms with Crippen LogP contribution in [-0.4, -0.2) is 6.26 Å². The number of azide groups is 1. The molecule has 3 nitrogen and oxygen atoms in total. The number of rotatable bonds is 3. The maximum atomic E-state index is 8.19. The summed E-state index contributed by atoms with van der Waals surface area (Å²) >= 11 is 1.67. The molecule has 0 aliphatic carbocycles. The van der Waals surface area contributed by atoms with E-state index in [4.69, 9.17) is 5.53 Å². The van der Waals surface area contributed by atoms with Crippen molar-refractivity contribution >= 4 is 17.5 Å². The smallest absolute Gasteiger partial charge is 0.0375 e. The molecule has 0 heterocycles. The zero-order valence-electron chi connectivity index (χ0n) is 7.27. The van der Waals surface area contributed by atoms with Crippen molar-refractivity contribution in [3.63, 3.8) is 0 Å². The molecule has 0 saturated heterocycles. The lowest BCUT2D eigenvalue weighted by atomic mass is 10.2. The lowest BCUT2D eigenvalue weighted by Crippen LogP contribution is -1.77. The van der Waals surface area contributed by atoms with Gasteiger partial charge in [-0.05, 0) is 29.5 Å². The van der Waals surface area contributed by atoms with Gasteiger partial charge in [-0.3, -0.25) is 0 Å². The number of benzene rings is 1. The summed E-state index contributed by atoms with van der Waals surface area (Å²) in [4.78, 5) is 3.85. The molecular weight excluding hydrogens is 182 g/mol. The van der Waals surface area contributed by atoms with Crippen molar-refractivity contribution in [2.24, 2.45) is 5.11 Å². The number of thioether (sulfide) groups is 1. The van der Waals surface area contributed by atoms with Gasteiger partial charge in [0, 0.05) is 15.5 Å². The minimum absolute atomic E-state index is 0.454. The maximum absolute atomic E-state index is 8.19. The number of nitrogens with zero attached hydrogens (tertiary/aromatic N) is 3. The lowest BCUT2D eigenvalue weighted by Gasteiger charge is -1.99. The van der Waals surface area contributed by atoms with Gasteiger partial charge in [0.2, 0.25) is 0 Å². The molecule has 0 N–H and O–H groups in total. The molecule has 0 atom stereocenters. The van der Waals surface area contributed by atoms with Crippen molar-refractivity contribution in [2.45, 2.75) is 4.90 Å². The second-order valence-corrected chi connectivity index (χ2v) is 3.24. The normalized spacial score (nSPS) is 9.00. The highest BCUT2D eigenvalue weighted by molar-refractivity contribution is 7.98. The van der Waals surface area contributed by atoms with Crippen molar-refractivity contribution in [3.05, 3.63) is 46.9 Å². The molecule has 0 amide bonds. The fraction of sp³-hybridized carbons (Fsp3) is 0.111. The topological polar surface area (TPSA) is 48.8 Å². The van der Waals surface area contributed by atoms with E-state index >= 15 is 0 Å². The van der Waals surface area contributed by atoms with Crippen molar-refractivity contribution < 1.29 is 0 Å². The van der Waals surface area contributed by atoms with Crippen LogP contribution in [0.2, 0.25) is 0 Å². The molecular formula is C9H9N3S. The van der Waals surface area contributed by atoms with E-state index in [1.54, 1.807) is 11.8 Å². The monoisotopic (exact) mass is 191 g/mol. The molecule has 1 aromatic carbocycles. The second kappa shape index (κ2) is 4.60. The third kappa shape index (κ3) is 2.54. The summed E-state index contributed by atoms with van der Waals surface area (Å²) in [6.45, 7) is 3.64. The first kappa shape index (κ1) is 9.71. The van der Waals surface area contributed by atoms with Crippen LogP contribution >= 0.6 is 11.8 Å². The number of hydrogen-bond acceptors (Lipinski definition) is 2. The molecule has 0 spiro atoms. The predicted octanol–water partition coefficient (Wildman–Crippen LogP) is 3.69. The third-order valence-corrected chi connectivity index (χ3v) is 2.33. The van der Waals surface area contributed by atoms with Gasteiger partial charge in [-0.25, -0.2) is 0 Å². The summed E-state index contributed by atoms with van der Waals surface area (Å²) in [5, 5.41) is 3.43. The van der Waals surface area contributed by atoms with Crippen LogP contribution in [0.25, 0.3) is 16.1 Å². The van der Waals surface area contributed by atoms with Gasteiger partial charge in [0.15, 0.2) is 0 Å². The molecule has 0 fully saturated rings. The average molecular weight is 191 g/mol. The van der Waals surface area contributed by atoms with E-state index < -0.39 is 0 Å². The molecule has 0 unspecified atom stereocenters. The van der Waals surface area contributed by atoms with Gasteiger partial charge in [-0.15, -0.1) is 11.8 Å². The van der Waals surface area contributed by atoms with Crippen molar-refractivity contribution in [1.82, 2.24) is 0 Å². The molecule has 0 aromatic heterocycles. The van der Waals surface area contributed by atoms with Gasteiger partial charge in [0.25, 0.3) is 0 Å². The average Bonchev–Trinajstić information content (AvgIpc) is 2.18. The first-order chi connectivity index (χ1) is 6.27. The summed E-state index contributed by atoms with van der Waals surface area (Å²) in [5.41, 5.74) is 9.50. The third-order valence-electron chi connectivity index (χ3n) is 1.59. The Labute approximate surface area is 81.1 Å². The molecule has 0 aliphatic rings. The fourth-order valence-corrected chi connectivity index (χ4v) is 1.30. The highest BCUT2D eigenvalue weighted by Gasteiger charge is 1.95. The van der Waals surface area contributed by atoms with Gasteiger partial charge >= 0.3 is 0 Å². The van der Waals surface area contributed by atoms with Crippen molar-refractivity contribution in [3.8, 4) is 0 Å². The molecule has 66 valence electrons. The van der Waals surface area contributed by atoms with Crippen LogP contribution in [0.1, 0.15) is 5.56 Å². The second-order valence-electron chi connectivity index (χ2n) is 2.36. The van der Waals surface area contributed by atoms with Crippen LogP contribution in [0, 0.1) is 0 Å². The minimum Gasteiger partial charge on any atom is -0.130 e. The van der Waals surface area contributed by atoms with E-state index in [-0.39, 0.29) is 0 Å². The molecule has 1 aromatic rings. The molecule has 13 heavy (non-hydrogen) atoms. The largest absolute Gasteiger partial charge is 0.130 e. The van der Waals surface area contributed by atoms with E-state index in [0.717, 1.165) is 5.56 Å². The fourth-order valence-electron chi connectivity index (χ4n) is 0.895. The molecule has 0 bridgehead atoms. The molecule has 1 rings (SSSR count). The van der Waals surface area contributed by atoms with Crippen LogP contribution < -0.4 is 0 Å². The zero-order valence-corrected chi connectivity index (χ0v) is 8.08. The van der Waals surface area contributed by atoms with Gasteiger partial charge in [0.1, 0.15) is 0 Å². The van der Waals surface area contributed by atoms with E-state index in [1.165, 1.54) is 4.90 Å². The molecule has 0 radical (unpaired) electrons. The Balaban J connectivity index is 2.92. The Morgan fingerprint density at radius 3 is 2.54 bits per heavy atom. The Morgan fingerprint density at radius 2 is 2.08 bits per heavy atom. The highest BCUT2D eigenvalue weighted by Crippen LogP contribution is 2.19. The van der Waals surface area contributed by atoms with Crippen molar-refractivity contribution in [1.29, 1.82) is 0 Å². The summed E-state index contributed by atoms with van der Waals surface area (Å²) in [5.74, 6) is 0. The Kier molecular flexibility index (Phi) is 3.43. The van der Waals surface area contributed by atoms with Gasteiger partial charge in [-0.1, -0.05) is 23.8 Å². The Bertz CT molecular complexity index is 350. The quantitative estimate of drug-likeness (QED) is 0.311. The summed E-state index contributed by atoms with van der Waals surface area (Å²) < 4.78 is 0. The van der Waals surface area contributed by atoms with Crippen LogP contribution in [0.15, 0.2) is 40.9 Å². The molecule has 0 saturated carbocycles. The zero-order chi connectivity index (χ0) is 9.68. The Hall–Kier alpha value is -1.38. The lowest BCUT2D eigenvalue weighted by molar-refractivity contribution is 1.41. The van der Waals surface area contributed by atoms with Gasteiger partial charge in [0.05, 0.1) is 0 Å². The minimum atomic E-state index is 0.454. The first-order valence-electron chi connectivity index (χ1n) is 3.66. The van der Waals surface area contributed by atoms with Crippen LogP contribution in [0.5, 0.6) is 0 Å². The Morgan fingerprint density at radius 1 is 1.46 bits per heavy atom. The maximum Gasteiger partial charge on any atom is 0.0375 e.